The highest BCUT2D eigenvalue weighted by Gasteiger charge is 2.44. The van der Waals surface area contributed by atoms with Gasteiger partial charge in [-0.05, 0) is 25.9 Å². The number of esters is 1. The molecule has 0 bridgehead atoms. The van der Waals surface area contributed by atoms with Crippen LogP contribution in [0.3, 0.4) is 0 Å². The standard InChI is InChI=1S/C11H17NO4S2/c1-11(4-5-16-10(11)13)7-8(12(14)15)6-9(17-2)18-3/h6,8H,4-5,7H2,1-3H3/t8-,11-/m0/s1. The van der Waals surface area contributed by atoms with Crippen LogP contribution in [0.25, 0.3) is 0 Å². The molecular formula is C11H17NO4S2. The fraction of sp³-hybridized carbons (Fsp3) is 0.727. The number of nitrogens with zero attached hydrogens (tertiary/aromatic N) is 1. The van der Waals surface area contributed by atoms with Gasteiger partial charge in [-0.3, -0.25) is 14.9 Å². The molecule has 0 aliphatic carbocycles. The summed E-state index contributed by atoms with van der Waals surface area (Å²) in [5.41, 5.74) is -0.726. The zero-order chi connectivity index (χ0) is 13.8. The van der Waals surface area contributed by atoms with Crippen molar-refractivity contribution in [3.05, 3.63) is 20.4 Å². The Kier molecular flexibility index (Phi) is 5.52. The number of hydrogen-bond donors (Lipinski definition) is 0. The van der Waals surface area contributed by atoms with Gasteiger partial charge in [0, 0.05) is 21.7 Å². The summed E-state index contributed by atoms with van der Waals surface area (Å²) in [6.45, 7) is 2.10. The molecule has 0 saturated carbocycles. The molecule has 0 amide bonds. The largest absolute Gasteiger partial charge is 0.465 e. The number of carbonyl (C=O) groups is 1. The van der Waals surface area contributed by atoms with E-state index < -0.39 is 11.5 Å². The predicted molar refractivity (Wildman–Crippen MR) is 74.2 cm³/mol. The van der Waals surface area contributed by atoms with E-state index >= 15 is 0 Å². The van der Waals surface area contributed by atoms with Gasteiger partial charge in [0.25, 0.3) is 0 Å². The number of carbonyl (C=O) groups excluding carboxylic acids is 1. The van der Waals surface area contributed by atoms with Gasteiger partial charge in [-0.15, -0.1) is 23.5 Å². The Morgan fingerprint density at radius 1 is 1.61 bits per heavy atom. The third kappa shape index (κ3) is 3.65. The Morgan fingerprint density at radius 3 is 2.61 bits per heavy atom. The highest BCUT2D eigenvalue weighted by molar-refractivity contribution is 8.21. The second-order valence-corrected chi connectivity index (χ2v) is 6.35. The van der Waals surface area contributed by atoms with Crippen LogP contribution < -0.4 is 0 Å². The molecule has 1 aliphatic heterocycles. The first-order chi connectivity index (χ1) is 8.42. The Labute approximate surface area is 115 Å². The molecular weight excluding hydrogens is 274 g/mol. The monoisotopic (exact) mass is 291 g/mol. The lowest BCUT2D eigenvalue weighted by molar-refractivity contribution is -0.512. The zero-order valence-corrected chi connectivity index (χ0v) is 12.3. The van der Waals surface area contributed by atoms with E-state index in [4.69, 9.17) is 4.74 Å². The minimum absolute atomic E-state index is 0.198. The second-order valence-electron chi connectivity index (χ2n) is 4.40. The molecule has 0 aromatic rings. The first-order valence-electron chi connectivity index (χ1n) is 5.53. The molecule has 1 fully saturated rings. The van der Waals surface area contributed by atoms with Gasteiger partial charge < -0.3 is 4.74 Å². The first-order valence-corrected chi connectivity index (χ1v) is 7.98. The average Bonchev–Trinajstić information content (AvgIpc) is 2.65. The SMILES string of the molecule is CSC(=C[C@@H](C[C@]1(C)CCOC1=O)[N+](=O)[O-])SC. The molecule has 0 N–H and O–H groups in total. The van der Waals surface area contributed by atoms with Crippen molar-refractivity contribution in [3.63, 3.8) is 0 Å². The van der Waals surface area contributed by atoms with Gasteiger partial charge in [-0.1, -0.05) is 0 Å². The number of hydrogen-bond acceptors (Lipinski definition) is 6. The molecule has 1 heterocycles. The van der Waals surface area contributed by atoms with E-state index in [1.165, 1.54) is 23.5 Å². The molecule has 0 spiro atoms. The van der Waals surface area contributed by atoms with Crippen molar-refractivity contribution in [1.82, 2.24) is 0 Å². The molecule has 7 heteroatoms. The topological polar surface area (TPSA) is 69.4 Å². The third-order valence-electron chi connectivity index (χ3n) is 3.04. The van der Waals surface area contributed by atoms with Gasteiger partial charge in [0.05, 0.1) is 12.0 Å². The molecule has 1 aliphatic rings. The van der Waals surface area contributed by atoms with Crippen LogP contribution in [0.15, 0.2) is 10.3 Å². The van der Waals surface area contributed by atoms with Crippen LogP contribution in [0.2, 0.25) is 0 Å². The van der Waals surface area contributed by atoms with Crippen LogP contribution in [-0.2, 0) is 9.53 Å². The van der Waals surface area contributed by atoms with Gasteiger partial charge in [-0.2, -0.15) is 0 Å². The van der Waals surface area contributed by atoms with Crippen molar-refractivity contribution in [2.75, 3.05) is 19.1 Å². The lowest BCUT2D eigenvalue weighted by atomic mass is 9.82. The summed E-state index contributed by atoms with van der Waals surface area (Å²) in [6.07, 6.45) is 6.14. The van der Waals surface area contributed by atoms with Crippen molar-refractivity contribution in [3.8, 4) is 0 Å². The van der Waals surface area contributed by atoms with Crippen LogP contribution in [0.5, 0.6) is 0 Å². The van der Waals surface area contributed by atoms with E-state index in [0.29, 0.717) is 13.0 Å². The second kappa shape index (κ2) is 6.47. The van der Waals surface area contributed by atoms with Gasteiger partial charge in [0.1, 0.15) is 0 Å². The number of rotatable bonds is 6. The lowest BCUT2D eigenvalue weighted by Crippen LogP contribution is -2.31. The smallest absolute Gasteiger partial charge is 0.312 e. The minimum Gasteiger partial charge on any atom is -0.465 e. The summed E-state index contributed by atoms with van der Waals surface area (Å²) in [6, 6.07) is -0.837. The van der Waals surface area contributed by atoms with Crippen LogP contribution in [-0.4, -0.2) is 36.1 Å². The molecule has 1 rings (SSSR count). The molecule has 18 heavy (non-hydrogen) atoms. The number of thioether (sulfide) groups is 2. The van der Waals surface area contributed by atoms with Crippen LogP contribution in [0.1, 0.15) is 19.8 Å². The summed E-state index contributed by atoms with van der Waals surface area (Å²) in [4.78, 5) is 22.4. The maximum atomic E-state index is 11.6. The molecule has 102 valence electrons. The highest BCUT2D eigenvalue weighted by atomic mass is 32.2. The third-order valence-corrected chi connectivity index (χ3v) is 5.12. The summed E-state index contributed by atoms with van der Waals surface area (Å²) in [7, 11) is 0. The predicted octanol–water partition coefficient (Wildman–Crippen LogP) is 2.54. The maximum absolute atomic E-state index is 11.6. The van der Waals surface area contributed by atoms with Crippen LogP contribution >= 0.6 is 23.5 Å². The Morgan fingerprint density at radius 2 is 2.22 bits per heavy atom. The van der Waals surface area contributed by atoms with Gasteiger partial charge in [0.15, 0.2) is 0 Å². The van der Waals surface area contributed by atoms with E-state index in [1.807, 2.05) is 12.5 Å². The van der Waals surface area contributed by atoms with Crippen LogP contribution in [0.4, 0.5) is 0 Å². The van der Waals surface area contributed by atoms with E-state index in [1.54, 1.807) is 13.0 Å². The first kappa shape index (κ1) is 15.4. The Bertz CT molecular complexity index is 366. The highest BCUT2D eigenvalue weighted by Crippen LogP contribution is 2.36. The molecule has 5 nitrogen and oxygen atoms in total. The molecule has 0 aromatic carbocycles. The fourth-order valence-corrected chi connectivity index (χ4v) is 3.12. The van der Waals surface area contributed by atoms with E-state index in [9.17, 15) is 14.9 Å². The van der Waals surface area contributed by atoms with Crippen molar-refractivity contribution < 1.29 is 14.5 Å². The van der Waals surface area contributed by atoms with E-state index in [-0.39, 0.29) is 17.3 Å². The fourth-order valence-electron chi connectivity index (χ4n) is 1.86. The quantitative estimate of drug-likeness (QED) is 0.425. The molecule has 1 saturated heterocycles. The molecule has 2 atom stereocenters. The molecule has 0 aromatic heterocycles. The van der Waals surface area contributed by atoms with Crippen LogP contribution in [0, 0.1) is 15.5 Å². The molecule has 0 radical (unpaired) electrons. The van der Waals surface area contributed by atoms with Crippen molar-refractivity contribution in [1.29, 1.82) is 0 Å². The average molecular weight is 291 g/mol. The Hall–Kier alpha value is -0.690. The van der Waals surface area contributed by atoms with Gasteiger partial charge in [-0.25, -0.2) is 0 Å². The van der Waals surface area contributed by atoms with E-state index in [2.05, 4.69) is 0 Å². The van der Waals surface area contributed by atoms with E-state index in [0.717, 1.165) is 4.24 Å². The Balaban J connectivity index is 2.84. The van der Waals surface area contributed by atoms with Crippen molar-refractivity contribution in [2.45, 2.75) is 25.8 Å². The zero-order valence-electron chi connectivity index (χ0n) is 10.7. The van der Waals surface area contributed by atoms with Crippen molar-refractivity contribution >= 4 is 29.5 Å². The number of ether oxygens (including phenoxy) is 1. The summed E-state index contributed by atoms with van der Waals surface area (Å²) in [5, 5.41) is 11.1. The van der Waals surface area contributed by atoms with Gasteiger partial charge >= 0.3 is 5.97 Å². The maximum Gasteiger partial charge on any atom is 0.312 e. The number of nitro groups is 1. The van der Waals surface area contributed by atoms with Crippen molar-refractivity contribution in [2.24, 2.45) is 5.41 Å². The summed E-state index contributed by atoms with van der Waals surface area (Å²) < 4.78 is 5.81. The normalized spacial score (nSPS) is 24.5. The minimum atomic E-state index is -0.837. The molecule has 0 unspecified atom stereocenters. The number of cyclic esters (lactones) is 1. The van der Waals surface area contributed by atoms with Gasteiger partial charge in [0.2, 0.25) is 6.04 Å². The summed E-state index contributed by atoms with van der Waals surface area (Å²) in [5.74, 6) is -0.322. The summed E-state index contributed by atoms with van der Waals surface area (Å²) >= 11 is 2.95. The lowest BCUT2D eigenvalue weighted by Gasteiger charge is -2.19.